The number of alkyl carbamates (subject to hydrolysis) is 1. The number of hydrogen-bond donors (Lipinski definition) is 2. The largest absolute Gasteiger partial charge is 0.467 e. The van der Waals surface area contributed by atoms with Crippen molar-refractivity contribution < 1.29 is 38.4 Å². The lowest BCUT2D eigenvalue weighted by Crippen LogP contribution is -2.47. The average Bonchev–Trinajstić information content (AvgIpc) is 2.89. The van der Waals surface area contributed by atoms with Gasteiger partial charge in [0.2, 0.25) is 0 Å². The molecular formula is C30H45NO8. The molecule has 9 heteroatoms. The van der Waals surface area contributed by atoms with Gasteiger partial charge in [0.1, 0.15) is 18.8 Å². The van der Waals surface area contributed by atoms with Crippen LogP contribution in [0, 0.1) is 0 Å². The Morgan fingerprint density at radius 2 is 1.59 bits per heavy atom. The van der Waals surface area contributed by atoms with Gasteiger partial charge >= 0.3 is 12.1 Å². The second-order valence-corrected chi connectivity index (χ2v) is 9.78. The Balaban J connectivity index is 2.86. The number of nitrogens with one attached hydrogen (secondary N) is 1. The Labute approximate surface area is 232 Å². The molecule has 0 aliphatic carbocycles. The molecule has 0 saturated carbocycles. The number of methoxy groups -OCH3 is 1. The third-order valence-electron chi connectivity index (χ3n) is 5.47. The molecule has 218 valence electrons. The van der Waals surface area contributed by atoms with Crippen LogP contribution in [-0.4, -0.2) is 75.1 Å². The molecule has 0 fully saturated rings. The molecule has 1 rings (SSSR count). The summed E-state index contributed by atoms with van der Waals surface area (Å²) in [6.45, 7) is 17.5. The van der Waals surface area contributed by atoms with Crippen LogP contribution >= 0.6 is 0 Å². The fraction of sp³-hybridized carbons (Fsp3) is 0.533. The lowest BCUT2D eigenvalue weighted by atomic mass is 10.0. The monoisotopic (exact) mass is 547 g/mol. The highest BCUT2D eigenvalue weighted by atomic mass is 16.6. The topological polar surface area (TPSA) is 113 Å². The van der Waals surface area contributed by atoms with Crippen LogP contribution in [0.3, 0.4) is 0 Å². The predicted octanol–water partition coefficient (Wildman–Crippen LogP) is 4.50. The molecule has 0 aliphatic heterocycles. The molecule has 9 nitrogen and oxygen atoms in total. The van der Waals surface area contributed by atoms with Gasteiger partial charge in [-0.05, 0) is 45.6 Å². The molecule has 0 spiro atoms. The molecule has 1 aromatic carbocycles. The number of carbonyl (C=O) groups excluding carboxylic acids is 2. The summed E-state index contributed by atoms with van der Waals surface area (Å²) in [5.74, 6) is -0.694. The van der Waals surface area contributed by atoms with E-state index < -0.39 is 36.4 Å². The number of amides is 1. The molecule has 1 amide bonds. The molecule has 0 radical (unpaired) electrons. The number of aliphatic hydroxyl groups is 1. The van der Waals surface area contributed by atoms with Crippen molar-refractivity contribution in [2.24, 2.45) is 0 Å². The van der Waals surface area contributed by atoms with Crippen molar-refractivity contribution in [2.45, 2.75) is 71.0 Å². The quantitative estimate of drug-likeness (QED) is 0.181. The van der Waals surface area contributed by atoms with E-state index in [0.717, 1.165) is 35.1 Å². The lowest BCUT2D eigenvalue weighted by Gasteiger charge is -2.31. The summed E-state index contributed by atoms with van der Waals surface area (Å²) >= 11 is 0. The second kappa shape index (κ2) is 19.1. The van der Waals surface area contributed by atoms with Crippen molar-refractivity contribution in [2.75, 3.05) is 33.5 Å². The average molecular weight is 548 g/mol. The van der Waals surface area contributed by atoms with E-state index in [-0.39, 0.29) is 33.0 Å². The zero-order valence-electron chi connectivity index (χ0n) is 23.8. The van der Waals surface area contributed by atoms with Crippen LogP contribution in [-0.2, 0) is 35.1 Å². The maximum absolute atomic E-state index is 12.3. The first-order chi connectivity index (χ1) is 18.5. The molecule has 1 aromatic rings. The van der Waals surface area contributed by atoms with Crippen LogP contribution in [0.15, 0.2) is 66.8 Å². The van der Waals surface area contributed by atoms with E-state index in [1.54, 1.807) is 0 Å². The molecule has 0 saturated heterocycles. The van der Waals surface area contributed by atoms with Crippen LogP contribution in [0.1, 0.15) is 45.6 Å². The van der Waals surface area contributed by atoms with E-state index in [9.17, 15) is 14.7 Å². The molecule has 0 unspecified atom stereocenters. The first-order valence-electron chi connectivity index (χ1n) is 13.0. The number of rotatable bonds is 20. The number of ether oxygens (including phenoxy) is 5. The van der Waals surface area contributed by atoms with Crippen LogP contribution in [0.2, 0.25) is 0 Å². The fourth-order valence-corrected chi connectivity index (χ4v) is 3.49. The van der Waals surface area contributed by atoms with E-state index in [1.807, 2.05) is 51.1 Å². The molecule has 0 aromatic heterocycles. The highest BCUT2D eigenvalue weighted by Crippen LogP contribution is 2.18. The number of allylic oxidation sites excluding steroid dienone is 1. The molecule has 0 heterocycles. The Bertz CT molecular complexity index is 917. The van der Waals surface area contributed by atoms with Gasteiger partial charge in [-0.15, -0.1) is 6.58 Å². The Morgan fingerprint density at radius 3 is 2.18 bits per heavy atom. The Hall–Kier alpha value is -2.98. The highest BCUT2D eigenvalue weighted by Gasteiger charge is 2.31. The van der Waals surface area contributed by atoms with Crippen molar-refractivity contribution in [1.29, 1.82) is 0 Å². The molecule has 4 atom stereocenters. The van der Waals surface area contributed by atoms with E-state index in [2.05, 4.69) is 25.1 Å². The highest BCUT2D eigenvalue weighted by molar-refractivity contribution is 5.81. The molecule has 0 aliphatic rings. The first-order valence-corrected chi connectivity index (χ1v) is 13.0. The van der Waals surface area contributed by atoms with Gasteiger partial charge in [0, 0.05) is 0 Å². The van der Waals surface area contributed by atoms with Gasteiger partial charge in [0.05, 0.1) is 39.6 Å². The van der Waals surface area contributed by atoms with Gasteiger partial charge in [0.15, 0.2) is 6.04 Å². The minimum atomic E-state index is -1.12. The van der Waals surface area contributed by atoms with Gasteiger partial charge < -0.3 is 34.1 Å². The van der Waals surface area contributed by atoms with E-state index in [4.69, 9.17) is 23.7 Å². The van der Waals surface area contributed by atoms with E-state index in [0.29, 0.717) is 6.42 Å². The predicted molar refractivity (Wildman–Crippen MR) is 150 cm³/mol. The van der Waals surface area contributed by atoms with Crippen molar-refractivity contribution in [3.8, 4) is 0 Å². The number of benzene rings is 1. The number of aliphatic hydroxyl groups excluding tert-OH is 1. The summed E-state index contributed by atoms with van der Waals surface area (Å²) in [6, 6.07) is 8.04. The maximum atomic E-state index is 12.3. The fourth-order valence-electron chi connectivity index (χ4n) is 3.49. The molecule has 39 heavy (non-hydrogen) atoms. The Morgan fingerprint density at radius 1 is 0.949 bits per heavy atom. The SMILES string of the molecule is C=C(C)CCC[C@@H](O)[C@H](OCC(=C)C)[C@H](COC[C@H](NC(=O)OCc1ccccc1)C(=O)OC)OCC(=C)C. The van der Waals surface area contributed by atoms with Crippen molar-refractivity contribution in [3.63, 3.8) is 0 Å². The van der Waals surface area contributed by atoms with Gasteiger partial charge in [-0.2, -0.15) is 0 Å². The summed E-state index contributed by atoms with van der Waals surface area (Å²) in [5, 5.41) is 13.5. The van der Waals surface area contributed by atoms with Gasteiger partial charge in [-0.1, -0.05) is 60.2 Å². The third kappa shape index (κ3) is 15.3. The lowest BCUT2D eigenvalue weighted by molar-refractivity contribution is -0.149. The minimum Gasteiger partial charge on any atom is -0.467 e. The molecule has 2 N–H and O–H groups in total. The standard InChI is InChI=1S/C30H45NO8/c1-21(2)12-11-15-26(32)28(38-17-23(5)6)27(37-16-22(3)4)20-36-19-25(29(33)35-7)31-30(34)39-18-24-13-9-8-10-14-24/h8-10,13-14,25-28,32H,1,3,5,11-12,15-20H2,2,4,6-7H3,(H,31,34)/t25-,26+,27-,28-/m0/s1. The van der Waals surface area contributed by atoms with Crippen LogP contribution < -0.4 is 5.32 Å². The normalized spacial score (nSPS) is 14.0. The summed E-state index contributed by atoms with van der Waals surface area (Å²) in [4.78, 5) is 24.6. The maximum Gasteiger partial charge on any atom is 0.408 e. The van der Waals surface area contributed by atoms with Crippen molar-refractivity contribution >= 4 is 12.1 Å². The van der Waals surface area contributed by atoms with Crippen LogP contribution in [0.4, 0.5) is 4.79 Å². The van der Waals surface area contributed by atoms with Crippen molar-refractivity contribution in [1.82, 2.24) is 5.32 Å². The van der Waals surface area contributed by atoms with Gasteiger partial charge in [-0.25, -0.2) is 9.59 Å². The van der Waals surface area contributed by atoms with E-state index in [1.165, 1.54) is 7.11 Å². The summed E-state index contributed by atoms with van der Waals surface area (Å²) in [7, 11) is 1.22. The number of carbonyl (C=O) groups is 2. The summed E-state index contributed by atoms with van der Waals surface area (Å²) in [5.41, 5.74) is 3.41. The Kier molecular flexibility index (Phi) is 16.7. The summed E-state index contributed by atoms with van der Waals surface area (Å²) in [6.07, 6.45) is -1.06. The summed E-state index contributed by atoms with van der Waals surface area (Å²) < 4.78 is 27.8. The van der Waals surface area contributed by atoms with Crippen LogP contribution in [0.25, 0.3) is 0 Å². The smallest absolute Gasteiger partial charge is 0.408 e. The number of esters is 1. The third-order valence-corrected chi connectivity index (χ3v) is 5.47. The van der Waals surface area contributed by atoms with Gasteiger partial charge in [-0.3, -0.25) is 0 Å². The zero-order chi connectivity index (χ0) is 29.2. The minimum absolute atomic E-state index is 0.0279. The second-order valence-electron chi connectivity index (χ2n) is 9.78. The molecular weight excluding hydrogens is 502 g/mol. The molecule has 0 bridgehead atoms. The van der Waals surface area contributed by atoms with Crippen LogP contribution in [0.5, 0.6) is 0 Å². The van der Waals surface area contributed by atoms with E-state index >= 15 is 0 Å². The zero-order valence-corrected chi connectivity index (χ0v) is 23.8. The first kappa shape index (κ1) is 34.0. The number of hydrogen-bond acceptors (Lipinski definition) is 8. The van der Waals surface area contributed by atoms with Crippen molar-refractivity contribution in [3.05, 3.63) is 72.4 Å². The van der Waals surface area contributed by atoms with Gasteiger partial charge in [0.25, 0.3) is 0 Å².